The number of alkyl halides is 3. The first kappa shape index (κ1) is 14.4. The molecular weight excluding hydrogens is 267 g/mol. The molecular formula is C15H14F3NO. The molecule has 1 unspecified atom stereocenters. The molecule has 20 heavy (non-hydrogen) atoms. The Kier molecular flexibility index (Phi) is 4.29. The maximum atomic E-state index is 12.2. The smallest absolute Gasteiger partial charge is 0.406 e. The number of rotatable bonds is 4. The molecule has 2 rings (SSSR count). The summed E-state index contributed by atoms with van der Waals surface area (Å²) < 4.78 is 40.3. The van der Waals surface area contributed by atoms with E-state index in [1.165, 1.54) is 18.2 Å². The minimum Gasteiger partial charge on any atom is -0.406 e. The second-order valence-corrected chi connectivity index (χ2v) is 4.42. The molecule has 0 aliphatic heterocycles. The Morgan fingerprint density at radius 3 is 2.35 bits per heavy atom. The monoisotopic (exact) mass is 281 g/mol. The Labute approximate surface area is 115 Å². The van der Waals surface area contributed by atoms with Crippen molar-refractivity contribution in [2.75, 3.05) is 0 Å². The molecule has 106 valence electrons. The Morgan fingerprint density at radius 1 is 1.00 bits per heavy atom. The van der Waals surface area contributed by atoms with Crippen LogP contribution in [-0.2, 0) is 6.42 Å². The van der Waals surface area contributed by atoms with Gasteiger partial charge in [0.05, 0.1) is 0 Å². The largest absolute Gasteiger partial charge is 0.573 e. The van der Waals surface area contributed by atoms with Gasteiger partial charge in [0, 0.05) is 6.04 Å². The highest BCUT2D eigenvalue weighted by atomic mass is 19.4. The van der Waals surface area contributed by atoms with Crippen LogP contribution in [0.4, 0.5) is 13.2 Å². The molecule has 2 nitrogen and oxygen atoms in total. The third-order valence-electron chi connectivity index (χ3n) is 2.82. The van der Waals surface area contributed by atoms with Crippen LogP contribution >= 0.6 is 0 Å². The van der Waals surface area contributed by atoms with E-state index in [0.29, 0.717) is 12.0 Å². The van der Waals surface area contributed by atoms with E-state index in [2.05, 4.69) is 4.74 Å². The second kappa shape index (κ2) is 5.96. The second-order valence-electron chi connectivity index (χ2n) is 4.42. The van der Waals surface area contributed by atoms with Crippen LogP contribution in [0.5, 0.6) is 5.75 Å². The highest BCUT2D eigenvalue weighted by Crippen LogP contribution is 2.25. The van der Waals surface area contributed by atoms with Crippen molar-refractivity contribution < 1.29 is 17.9 Å². The van der Waals surface area contributed by atoms with Crippen LogP contribution in [0.15, 0.2) is 54.6 Å². The number of hydrogen-bond acceptors (Lipinski definition) is 2. The van der Waals surface area contributed by atoms with Crippen LogP contribution in [0.1, 0.15) is 17.2 Å². The molecule has 0 aromatic heterocycles. The molecule has 0 saturated heterocycles. The van der Waals surface area contributed by atoms with Gasteiger partial charge in [-0.3, -0.25) is 0 Å². The van der Waals surface area contributed by atoms with Crippen LogP contribution < -0.4 is 10.5 Å². The van der Waals surface area contributed by atoms with E-state index in [9.17, 15) is 13.2 Å². The lowest BCUT2D eigenvalue weighted by atomic mass is 10.00. The lowest BCUT2D eigenvalue weighted by Gasteiger charge is -2.14. The van der Waals surface area contributed by atoms with Crippen molar-refractivity contribution in [3.05, 3.63) is 65.7 Å². The van der Waals surface area contributed by atoms with Crippen molar-refractivity contribution in [1.82, 2.24) is 0 Å². The molecule has 0 saturated carbocycles. The Hall–Kier alpha value is -2.01. The molecule has 5 heteroatoms. The predicted molar refractivity (Wildman–Crippen MR) is 70.2 cm³/mol. The fourth-order valence-electron chi connectivity index (χ4n) is 1.94. The molecule has 0 aliphatic carbocycles. The maximum absolute atomic E-state index is 12.2. The van der Waals surface area contributed by atoms with E-state index in [1.54, 1.807) is 6.07 Å². The Morgan fingerprint density at radius 2 is 1.70 bits per heavy atom. The van der Waals surface area contributed by atoms with Crippen molar-refractivity contribution in [3.8, 4) is 5.75 Å². The van der Waals surface area contributed by atoms with Gasteiger partial charge in [-0.1, -0.05) is 42.5 Å². The molecule has 0 amide bonds. The number of hydrogen-bond donors (Lipinski definition) is 1. The van der Waals surface area contributed by atoms with Crippen LogP contribution in [0.25, 0.3) is 0 Å². The molecule has 0 fully saturated rings. The van der Waals surface area contributed by atoms with Crippen molar-refractivity contribution in [2.45, 2.75) is 18.8 Å². The summed E-state index contributed by atoms with van der Waals surface area (Å²) in [6.07, 6.45) is -4.24. The summed E-state index contributed by atoms with van der Waals surface area (Å²) in [5.74, 6) is -0.227. The van der Waals surface area contributed by atoms with E-state index in [0.717, 1.165) is 5.56 Å². The summed E-state index contributed by atoms with van der Waals surface area (Å²) in [7, 11) is 0. The summed E-state index contributed by atoms with van der Waals surface area (Å²) >= 11 is 0. The van der Waals surface area contributed by atoms with E-state index in [-0.39, 0.29) is 11.8 Å². The summed E-state index contributed by atoms with van der Waals surface area (Å²) in [5, 5.41) is 0. The molecule has 0 spiro atoms. The number of halogens is 3. The zero-order valence-corrected chi connectivity index (χ0v) is 10.6. The standard InChI is InChI=1S/C15H14F3NO/c16-15(17,18)20-13-8-4-5-11(9-13)10-14(19)12-6-2-1-3-7-12/h1-9,14H,10,19H2. The van der Waals surface area contributed by atoms with Crippen LogP contribution in [0, 0.1) is 0 Å². The van der Waals surface area contributed by atoms with Crippen molar-refractivity contribution >= 4 is 0 Å². The highest BCUT2D eigenvalue weighted by Gasteiger charge is 2.31. The van der Waals surface area contributed by atoms with Crippen molar-refractivity contribution in [2.24, 2.45) is 5.73 Å². The maximum Gasteiger partial charge on any atom is 0.573 e. The lowest BCUT2D eigenvalue weighted by molar-refractivity contribution is -0.274. The third-order valence-corrected chi connectivity index (χ3v) is 2.82. The first-order valence-electron chi connectivity index (χ1n) is 6.09. The van der Waals surface area contributed by atoms with E-state index in [4.69, 9.17) is 5.73 Å². The van der Waals surface area contributed by atoms with Gasteiger partial charge < -0.3 is 10.5 Å². The van der Waals surface area contributed by atoms with E-state index in [1.807, 2.05) is 30.3 Å². The van der Waals surface area contributed by atoms with Crippen LogP contribution in [0.2, 0.25) is 0 Å². The quantitative estimate of drug-likeness (QED) is 0.924. The molecule has 2 N–H and O–H groups in total. The summed E-state index contributed by atoms with van der Waals surface area (Å²) in [5.41, 5.74) is 7.68. The van der Waals surface area contributed by atoms with E-state index < -0.39 is 6.36 Å². The fourth-order valence-corrected chi connectivity index (χ4v) is 1.94. The average Bonchev–Trinajstić information content (AvgIpc) is 2.38. The Bertz CT molecular complexity index is 555. The average molecular weight is 281 g/mol. The van der Waals surface area contributed by atoms with Gasteiger partial charge in [-0.15, -0.1) is 13.2 Å². The summed E-state index contributed by atoms with van der Waals surface area (Å²) in [6.45, 7) is 0. The topological polar surface area (TPSA) is 35.2 Å². The predicted octanol–water partition coefficient (Wildman–Crippen LogP) is 3.83. The van der Waals surface area contributed by atoms with Gasteiger partial charge in [0.15, 0.2) is 0 Å². The molecule has 0 aliphatic rings. The van der Waals surface area contributed by atoms with Gasteiger partial charge >= 0.3 is 6.36 Å². The molecule has 0 heterocycles. The minimum absolute atomic E-state index is 0.227. The number of nitrogens with two attached hydrogens (primary N) is 1. The Balaban J connectivity index is 2.08. The molecule has 1 atom stereocenters. The SMILES string of the molecule is NC(Cc1cccc(OC(F)(F)F)c1)c1ccccc1. The molecule has 0 radical (unpaired) electrons. The van der Waals surface area contributed by atoms with Crippen LogP contribution in [-0.4, -0.2) is 6.36 Å². The lowest BCUT2D eigenvalue weighted by Crippen LogP contribution is -2.17. The number of benzene rings is 2. The van der Waals surface area contributed by atoms with Gasteiger partial charge in [-0.05, 0) is 29.7 Å². The van der Waals surface area contributed by atoms with Gasteiger partial charge in [0.2, 0.25) is 0 Å². The normalized spacial score (nSPS) is 13.0. The zero-order valence-electron chi connectivity index (χ0n) is 10.6. The van der Waals surface area contributed by atoms with E-state index >= 15 is 0 Å². The number of ether oxygens (including phenoxy) is 1. The minimum atomic E-state index is -4.68. The summed E-state index contributed by atoms with van der Waals surface area (Å²) in [6, 6.07) is 15.0. The highest BCUT2D eigenvalue weighted by molar-refractivity contribution is 5.30. The first-order valence-corrected chi connectivity index (χ1v) is 6.09. The van der Waals surface area contributed by atoms with Crippen molar-refractivity contribution in [3.63, 3.8) is 0 Å². The van der Waals surface area contributed by atoms with Gasteiger partial charge in [0.25, 0.3) is 0 Å². The molecule has 2 aromatic carbocycles. The molecule has 2 aromatic rings. The van der Waals surface area contributed by atoms with Crippen molar-refractivity contribution in [1.29, 1.82) is 0 Å². The van der Waals surface area contributed by atoms with Gasteiger partial charge in [-0.2, -0.15) is 0 Å². The molecule has 0 bridgehead atoms. The van der Waals surface area contributed by atoms with Gasteiger partial charge in [0.1, 0.15) is 5.75 Å². The summed E-state index contributed by atoms with van der Waals surface area (Å²) in [4.78, 5) is 0. The zero-order chi connectivity index (χ0) is 14.6. The first-order chi connectivity index (χ1) is 9.44. The fraction of sp³-hybridized carbons (Fsp3) is 0.200. The van der Waals surface area contributed by atoms with Crippen LogP contribution in [0.3, 0.4) is 0 Å². The van der Waals surface area contributed by atoms with Gasteiger partial charge in [-0.25, -0.2) is 0 Å². The third kappa shape index (κ3) is 4.28.